The maximum atomic E-state index is 12.4. The number of amides is 2. The monoisotopic (exact) mass is 528 g/mol. The Morgan fingerprint density at radius 3 is 2.62 bits per heavy atom. The van der Waals surface area contributed by atoms with E-state index in [-0.39, 0.29) is 18.0 Å². The number of rotatable bonds is 7. The van der Waals surface area contributed by atoms with Gasteiger partial charge in [0.05, 0.1) is 22.7 Å². The highest BCUT2D eigenvalue weighted by molar-refractivity contribution is 7.10. The van der Waals surface area contributed by atoms with E-state index in [2.05, 4.69) is 15.3 Å². The fourth-order valence-electron chi connectivity index (χ4n) is 4.33. The molecule has 1 aromatic heterocycles. The van der Waals surface area contributed by atoms with Crippen molar-refractivity contribution < 1.29 is 9.53 Å². The van der Waals surface area contributed by atoms with Crippen LogP contribution in [-0.2, 0) is 6.61 Å². The summed E-state index contributed by atoms with van der Waals surface area (Å²) in [5.74, 6) is 0.376. The second-order valence-corrected chi connectivity index (χ2v) is 10.00. The number of nitrogens with zero attached hydrogens (tertiary/aromatic N) is 3. The third-order valence-electron chi connectivity index (χ3n) is 6.17. The van der Waals surface area contributed by atoms with Gasteiger partial charge in [0.1, 0.15) is 17.4 Å². The van der Waals surface area contributed by atoms with Gasteiger partial charge in [-0.3, -0.25) is 4.99 Å². The van der Waals surface area contributed by atoms with Gasteiger partial charge in [0.2, 0.25) is 0 Å². The lowest BCUT2D eigenvalue weighted by Gasteiger charge is -2.30. The minimum atomic E-state index is -0.371. The molecule has 5 rings (SSSR count). The van der Waals surface area contributed by atoms with Crippen molar-refractivity contribution >= 4 is 40.9 Å². The molecule has 2 atom stereocenters. The number of aliphatic imine (C=N–C) groups is 2. The van der Waals surface area contributed by atoms with Gasteiger partial charge in [-0.1, -0.05) is 72.3 Å². The molecule has 4 aromatic rings. The zero-order valence-corrected chi connectivity index (χ0v) is 22.0. The van der Waals surface area contributed by atoms with E-state index >= 15 is 0 Å². The minimum Gasteiger partial charge on any atom is -0.487 e. The van der Waals surface area contributed by atoms with Crippen LogP contribution in [-0.4, -0.2) is 30.0 Å². The van der Waals surface area contributed by atoms with Crippen LogP contribution in [0.4, 0.5) is 4.79 Å². The van der Waals surface area contributed by atoms with Gasteiger partial charge in [0, 0.05) is 29.9 Å². The van der Waals surface area contributed by atoms with Crippen LogP contribution in [0.2, 0.25) is 5.02 Å². The SMILES string of the molecule is CN=Cc1ccc(-c2csc(C3C(C)=NC(=O)NC3c3ccc(OCc4ccccc4)c(Cl)c3)n2)cc1. The van der Waals surface area contributed by atoms with Gasteiger partial charge in [-0.2, -0.15) is 0 Å². The van der Waals surface area contributed by atoms with Crippen molar-refractivity contribution in [2.45, 2.75) is 25.5 Å². The van der Waals surface area contributed by atoms with Gasteiger partial charge >= 0.3 is 6.03 Å². The van der Waals surface area contributed by atoms with E-state index in [1.807, 2.05) is 91.3 Å². The van der Waals surface area contributed by atoms with Gasteiger partial charge < -0.3 is 10.1 Å². The smallest absolute Gasteiger partial charge is 0.341 e. The number of urea groups is 1. The normalized spacial score (nSPS) is 17.5. The number of carbonyl (C=O) groups is 1. The van der Waals surface area contributed by atoms with Crippen molar-refractivity contribution in [3.05, 3.63) is 105 Å². The first-order chi connectivity index (χ1) is 18.0. The number of hydrogen-bond acceptors (Lipinski definition) is 5. The predicted octanol–water partition coefficient (Wildman–Crippen LogP) is 7.10. The van der Waals surface area contributed by atoms with Crippen molar-refractivity contribution in [2.24, 2.45) is 9.98 Å². The topological polar surface area (TPSA) is 75.9 Å². The summed E-state index contributed by atoms with van der Waals surface area (Å²) < 4.78 is 5.93. The number of ether oxygens (including phenoxy) is 1. The Balaban J connectivity index is 1.40. The number of thiazole rings is 1. The molecule has 37 heavy (non-hydrogen) atoms. The molecular formula is C29H25ClN4O2S. The lowest BCUT2D eigenvalue weighted by Crippen LogP contribution is -2.38. The van der Waals surface area contributed by atoms with Crippen LogP contribution in [0.25, 0.3) is 11.3 Å². The van der Waals surface area contributed by atoms with Gasteiger partial charge in [-0.05, 0) is 35.7 Å². The Kier molecular flexibility index (Phi) is 7.44. The summed E-state index contributed by atoms with van der Waals surface area (Å²) in [5.41, 5.74) is 5.57. The third-order valence-corrected chi connectivity index (χ3v) is 7.39. The molecular weight excluding hydrogens is 504 g/mol. The maximum Gasteiger partial charge on any atom is 0.341 e. The van der Waals surface area contributed by atoms with Crippen LogP contribution < -0.4 is 10.1 Å². The first kappa shape index (κ1) is 24.9. The molecule has 1 aliphatic heterocycles. The molecule has 2 unspecified atom stereocenters. The molecule has 2 heterocycles. The van der Waals surface area contributed by atoms with E-state index in [0.717, 1.165) is 33.0 Å². The van der Waals surface area contributed by atoms with Crippen molar-refractivity contribution in [3.63, 3.8) is 0 Å². The summed E-state index contributed by atoms with van der Waals surface area (Å²) in [6.07, 6.45) is 1.81. The Bertz CT molecular complexity index is 1470. The number of carbonyl (C=O) groups excluding carboxylic acids is 1. The van der Waals surface area contributed by atoms with Crippen LogP contribution in [0.15, 0.2) is 88.2 Å². The van der Waals surface area contributed by atoms with Crippen molar-refractivity contribution in [2.75, 3.05) is 7.05 Å². The van der Waals surface area contributed by atoms with Gasteiger partial charge in [0.15, 0.2) is 0 Å². The van der Waals surface area contributed by atoms with E-state index in [0.29, 0.717) is 23.1 Å². The second-order valence-electron chi connectivity index (χ2n) is 8.70. The fourth-order valence-corrected chi connectivity index (χ4v) is 5.60. The fraction of sp³-hybridized carbons (Fsp3) is 0.172. The summed E-state index contributed by atoms with van der Waals surface area (Å²) >= 11 is 8.17. The molecule has 186 valence electrons. The first-order valence-electron chi connectivity index (χ1n) is 11.8. The Labute approximate surface area is 224 Å². The summed E-state index contributed by atoms with van der Waals surface area (Å²) in [5, 5.41) is 6.41. The second kappa shape index (κ2) is 11.1. The Morgan fingerprint density at radius 1 is 1.11 bits per heavy atom. The molecule has 0 radical (unpaired) electrons. The predicted molar refractivity (Wildman–Crippen MR) is 150 cm³/mol. The summed E-state index contributed by atoms with van der Waals surface area (Å²) in [4.78, 5) is 25.6. The molecule has 0 saturated carbocycles. The number of halogens is 1. The van der Waals surface area contributed by atoms with E-state index in [4.69, 9.17) is 21.3 Å². The molecule has 1 aliphatic rings. The van der Waals surface area contributed by atoms with Crippen LogP contribution >= 0.6 is 22.9 Å². The van der Waals surface area contributed by atoms with Crippen molar-refractivity contribution in [3.8, 4) is 17.0 Å². The van der Waals surface area contributed by atoms with Crippen molar-refractivity contribution in [1.29, 1.82) is 0 Å². The van der Waals surface area contributed by atoms with Crippen LogP contribution in [0, 0.1) is 0 Å². The number of aromatic nitrogens is 1. The number of hydrogen-bond donors (Lipinski definition) is 1. The van der Waals surface area contributed by atoms with Crippen LogP contribution in [0.1, 0.15) is 40.6 Å². The van der Waals surface area contributed by atoms with Crippen LogP contribution in [0.5, 0.6) is 5.75 Å². The lowest BCUT2D eigenvalue weighted by atomic mass is 9.88. The minimum absolute atomic E-state index is 0.213. The van der Waals surface area contributed by atoms with E-state index < -0.39 is 0 Å². The highest BCUT2D eigenvalue weighted by Crippen LogP contribution is 2.39. The van der Waals surface area contributed by atoms with Gasteiger partial charge in [-0.25, -0.2) is 14.8 Å². The van der Waals surface area contributed by atoms with Gasteiger partial charge in [0.25, 0.3) is 0 Å². The van der Waals surface area contributed by atoms with Crippen molar-refractivity contribution in [1.82, 2.24) is 10.3 Å². The molecule has 0 fully saturated rings. The van der Waals surface area contributed by atoms with Gasteiger partial charge in [-0.15, -0.1) is 11.3 Å². The summed E-state index contributed by atoms with van der Waals surface area (Å²) in [6, 6.07) is 22.9. The first-order valence-corrected chi connectivity index (χ1v) is 13.1. The average Bonchev–Trinajstić information content (AvgIpc) is 3.38. The molecule has 3 aromatic carbocycles. The molecule has 8 heteroatoms. The van der Waals surface area contributed by atoms with Crippen LogP contribution in [0.3, 0.4) is 0 Å². The standard InChI is InChI=1S/C29H25ClN4O2S/c1-18-26(28-33-24(17-37-28)21-10-8-19(9-11-21)15-31-2)27(34-29(35)32-18)22-12-13-25(23(30)14-22)36-16-20-6-4-3-5-7-20/h3-15,17,26-27H,16H2,1-2H3,(H,34,35). The third kappa shape index (κ3) is 5.63. The largest absolute Gasteiger partial charge is 0.487 e. The molecule has 0 aliphatic carbocycles. The van der Waals surface area contributed by atoms with E-state index in [1.165, 1.54) is 0 Å². The molecule has 0 saturated heterocycles. The van der Waals surface area contributed by atoms with E-state index in [9.17, 15) is 4.79 Å². The number of benzene rings is 3. The Morgan fingerprint density at radius 2 is 1.89 bits per heavy atom. The summed E-state index contributed by atoms with van der Waals surface area (Å²) in [6.45, 7) is 2.29. The van der Waals surface area contributed by atoms with E-state index in [1.54, 1.807) is 18.4 Å². The maximum absolute atomic E-state index is 12.4. The highest BCUT2D eigenvalue weighted by Gasteiger charge is 2.35. The quantitative estimate of drug-likeness (QED) is 0.260. The molecule has 6 nitrogen and oxygen atoms in total. The molecule has 1 N–H and O–H groups in total. The number of nitrogens with one attached hydrogen (secondary N) is 1. The molecule has 0 bridgehead atoms. The molecule has 2 amide bonds. The zero-order chi connectivity index (χ0) is 25.8. The molecule has 0 spiro atoms. The lowest BCUT2D eigenvalue weighted by molar-refractivity contribution is 0.243. The highest BCUT2D eigenvalue weighted by atomic mass is 35.5. The summed E-state index contributed by atoms with van der Waals surface area (Å²) in [7, 11) is 1.75. The zero-order valence-electron chi connectivity index (χ0n) is 20.4. The Hall–Kier alpha value is -3.81. The average molecular weight is 529 g/mol.